The highest BCUT2D eigenvalue weighted by Crippen LogP contribution is 2.38. The minimum Gasteiger partial charge on any atom is -0.427 e. The third-order valence-electron chi connectivity index (χ3n) is 2.85. The standard InChI is InChI=1S/C7H14BNO2/c10-8-5-7(6-11-8)1-3-9-4-2-7/h9-10H,1-6H2. The molecule has 0 saturated carbocycles. The second-order valence-corrected chi connectivity index (χ2v) is 3.72. The maximum Gasteiger partial charge on any atom is 0.454 e. The molecular formula is C7H14BNO2. The highest BCUT2D eigenvalue weighted by atomic mass is 16.5. The van der Waals surface area contributed by atoms with Crippen molar-refractivity contribution in [1.29, 1.82) is 0 Å². The van der Waals surface area contributed by atoms with Gasteiger partial charge in [0.2, 0.25) is 0 Å². The van der Waals surface area contributed by atoms with Crippen LogP contribution in [0.4, 0.5) is 0 Å². The summed E-state index contributed by atoms with van der Waals surface area (Å²) in [4.78, 5) is 0. The lowest BCUT2D eigenvalue weighted by Crippen LogP contribution is -2.36. The molecule has 0 radical (unpaired) electrons. The zero-order valence-corrected chi connectivity index (χ0v) is 6.68. The molecule has 2 N–H and O–H groups in total. The van der Waals surface area contributed by atoms with Crippen molar-refractivity contribution < 1.29 is 9.68 Å². The fraction of sp³-hybridized carbons (Fsp3) is 1.00. The molecule has 11 heavy (non-hydrogen) atoms. The van der Waals surface area contributed by atoms with Crippen molar-refractivity contribution in [3.8, 4) is 0 Å². The first-order valence-corrected chi connectivity index (χ1v) is 4.31. The fourth-order valence-corrected chi connectivity index (χ4v) is 2.07. The molecule has 2 heterocycles. The average molecular weight is 155 g/mol. The summed E-state index contributed by atoms with van der Waals surface area (Å²) in [6.45, 7) is 2.92. The summed E-state index contributed by atoms with van der Waals surface area (Å²) < 4.78 is 5.17. The molecule has 1 spiro atoms. The van der Waals surface area contributed by atoms with Crippen molar-refractivity contribution >= 4 is 7.12 Å². The molecule has 0 amide bonds. The van der Waals surface area contributed by atoms with E-state index < -0.39 is 7.12 Å². The summed E-state index contributed by atoms with van der Waals surface area (Å²) in [5.41, 5.74) is 0.310. The van der Waals surface area contributed by atoms with Gasteiger partial charge in [-0.2, -0.15) is 0 Å². The van der Waals surface area contributed by atoms with Crippen LogP contribution in [0.5, 0.6) is 0 Å². The first-order valence-electron chi connectivity index (χ1n) is 4.31. The summed E-state index contributed by atoms with van der Waals surface area (Å²) in [5.74, 6) is 0. The van der Waals surface area contributed by atoms with Crippen LogP contribution < -0.4 is 5.32 Å². The van der Waals surface area contributed by atoms with Crippen molar-refractivity contribution in [3.63, 3.8) is 0 Å². The molecule has 62 valence electrons. The van der Waals surface area contributed by atoms with Crippen LogP contribution in [0.2, 0.25) is 6.32 Å². The first kappa shape index (κ1) is 7.59. The third-order valence-corrected chi connectivity index (χ3v) is 2.85. The van der Waals surface area contributed by atoms with Gasteiger partial charge in [-0.3, -0.25) is 0 Å². The van der Waals surface area contributed by atoms with Crippen LogP contribution in [-0.2, 0) is 4.65 Å². The predicted octanol–water partition coefficient (Wildman–Crippen LogP) is -0.133. The highest BCUT2D eigenvalue weighted by Gasteiger charge is 2.42. The van der Waals surface area contributed by atoms with E-state index in [1.54, 1.807) is 0 Å². The van der Waals surface area contributed by atoms with Gasteiger partial charge >= 0.3 is 7.12 Å². The number of hydrogen-bond donors (Lipinski definition) is 2. The molecule has 2 fully saturated rings. The molecule has 0 bridgehead atoms. The molecule has 0 aromatic heterocycles. The molecule has 0 aliphatic carbocycles. The van der Waals surface area contributed by atoms with Gasteiger partial charge in [-0.25, -0.2) is 0 Å². The molecule has 0 unspecified atom stereocenters. The summed E-state index contributed by atoms with van der Waals surface area (Å²) in [7, 11) is -0.493. The Bertz CT molecular complexity index is 142. The van der Waals surface area contributed by atoms with Crippen LogP contribution in [0.15, 0.2) is 0 Å². The Kier molecular flexibility index (Phi) is 1.91. The van der Waals surface area contributed by atoms with Crippen molar-refractivity contribution in [2.75, 3.05) is 19.7 Å². The fourth-order valence-electron chi connectivity index (χ4n) is 2.07. The lowest BCUT2D eigenvalue weighted by molar-refractivity contribution is 0.160. The van der Waals surface area contributed by atoms with Crippen molar-refractivity contribution in [2.24, 2.45) is 5.41 Å². The van der Waals surface area contributed by atoms with Gasteiger partial charge in [-0.05, 0) is 37.7 Å². The number of piperidine rings is 1. The lowest BCUT2D eigenvalue weighted by Gasteiger charge is -2.32. The van der Waals surface area contributed by atoms with Crippen LogP contribution in [0.1, 0.15) is 12.8 Å². The molecule has 0 aromatic carbocycles. The highest BCUT2D eigenvalue weighted by molar-refractivity contribution is 6.43. The van der Waals surface area contributed by atoms with Gasteiger partial charge in [0.25, 0.3) is 0 Å². The Balaban J connectivity index is 1.98. The zero-order valence-electron chi connectivity index (χ0n) is 6.68. The topological polar surface area (TPSA) is 41.5 Å². The Hall–Kier alpha value is -0.0551. The van der Waals surface area contributed by atoms with Crippen molar-refractivity contribution in [3.05, 3.63) is 0 Å². The van der Waals surface area contributed by atoms with Crippen LogP contribution in [0.25, 0.3) is 0 Å². The largest absolute Gasteiger partial charge is 0.454 e. The Labute approximate surface area is 67.3 Å². The van der Waals surface area contributed by atoms with Gasteiger partial charge in [0.1, 0.15) is 0 Å². The smallest absolute Gasteiger partial charge is 0.427 e. The molecule has 0 aromatic rings. The van der Waals surface area contributed by atoms with E-state index in [1.165, 1.54) is 0 Å². The van der Waals surface area contributed by atoms with Gasteiger partial charge in [0, 0.05) is 6.61 Å². The van der Waals surface area contributed by atoms with Gasteiger partial charge in [0.15, 0.2) is 0 Å². The van der Waals surface area contributed by atoms with Gasteiger partial charge < -0.3 is 15.0 Å². The summed E-state index contributed by atoms with van der Waals surface area (Å²) >= 11 is 0. The minimum atomic E-state index is -0.493. The van der Waals surface area contributed by atoms with Crippen LogP contribution in [0, 0.1) is 5.41 Å². The lowest BCUT2D eigenvalue weighted by atomic mass is 9.68. The van der Waals surface area contributed by atoms with E-state index in [0.29, 0.717) is 5.41 Å². The van der Waals surface area contributed by atoms with E-state index in [2.05, 4.69) is 5.32 Å². The summed E-state index contributed by atoms with van der Waals surface area (Å²) in [5, 5.41) is 12.5. The maximum absolute atomic E-state index is 9.20. The zero-order chi connectivity index (χ0) is 7.73. The number of nitrogens with one attached hydrogen (secondary N) is 1. The van der Waals surface area contributed by atoms with E-state index in [4.69, 9.17) is 4.65 Å². The molecule has 0 atom stereocenters. The first-order chi connectivity index (χ1) is 5.31. The van der Waals surface area contributed by atoms with Gasteiger partial charge in [-0.1, -0.05) is 0 Å². The van der Waals surface area contributed by atoms with Crippen LogP contribution in [0.3, 0.4) is 0 Å². The summed E-state index contributed by atoms with van der Waals surface area (Å²) in [6.07, 6.45) is 3.16. The van der Waals surface area contributed by atoms with E-state index in [1.807, 2.05) is 0 Å². The van der Waals surface area contributed by atoms with Gasteiger partial charge in [-0.15, -0.1) is 0 Å². The van der Waals surface area contributed by atoms with Crippen molar-refractivity contribution in [2.45, 2.75) is 19.2 Å². The van der Waals surface area contributed by atoms with E-state index in [9.17, 15) is 5.02 Å². The monoisotopic (exact) mass is 155 g/mol. The Morgan fingerprint density at radius 2 is 2.09 bits per heavy atom. The number of rotatable bonds is 0. The Morgan fingerprint density at radius 1 is 1.36 bits per heavy atom. The molecule has 4 heteroatoms. The van der Waals surface area contributed by atoms with Gasteiger partial charge in [0.05, 0.1) is 0 Å². The maximum atomic E-state index is 9.20. The second-order valence-electron chi connectivity index (χ2n) is 3.72. The quantitative estimate of drug-likeness (QED) is 0.478. The molecule has 2 aliphatic heterocycles. The van der Waals surface area contributed by atoms with Crippen LogP contribution in [-0.4, -0.2) is 31.8 Å². The molecule has 2 saturated heterocycles. The SMILES string of the molecule is OB1CC2(CCNCC2)CO1. The molecule has 3 nitrogen and oxygen atoms in total. The van der Waals surface area contributed by atoms with Crippen molar-refractivity contribution in [1.82, 2.24) is 5.32 Å². The van der Waals surface area contributed by atoms with Crippen LogP contribution >= 0.6 is 0 Å². The average Bonchev–Trinajstić information content (AvgIpc) is 2.34. The Morgan fingerprint density at radius 3 is 2.64 bits per heavy atom. The molecule has 2 aliphatic rings. The third kappa shape index (κ3) is 1.43. The molecule has 2 rings (SSSR count). The summed E-state index contributed by atoms with van der Waals surface area (Å²) in [6, 6.07) is 0. The normalized spacial score (nSPS) is 29.7. The van der Waals surface area contributed by atoms with E-state index >= 15 is 0 Å². The molecular weight excluding hydrogens is 141 g/mol. The van der Waals surface area contributed by atoms with E-state index in [-0.39, 0.29) is 0 Å². The second kappa shape index (κ2) is 2.77. The van der Waals surface area contributed by atoms with E-state index in [0.717, 1.165) is 38.9 Å². The predicted molar refractivity (Wildman–Crippen MR) is 43.3 cm³/mol. The minimum absolute atomic E-state index is 0.310. The number of hydrogen-bond acceptors (Lipinski definition) is 3.